The van der Waals surface area contributed by atoms with Gasteiger partial charge < -0.3 is 10.2 Å². The average molecular weight is 286 g/mol. The Morgan fingerprint density at radius 3 is 2.50 bits per heavy atom. The van der Waals surface area contributed by atoms with Gasteiger partial charge in [-0.2, -0.15) is 13.2 Å². The van der Waals surface area contributed by atoms with Gasteiger partial charge in [-0.15, -0.1) is 0 Å². The molecule has 2 amide bonds. The van der Waals surface area contributed by atoms with Crippen LogP contribution in [0.3, 0.4) is 0 Å². The quantitative estimate of drug-likeness (QED) is 0.888. The number of hydrogen-bond donors (Lipinski definition) is 1. The van der Waals surface area contributed by atoms with Crippen molar-refractivity contribution in [1.29, 1.82) is 0 Å². The van der Waals surface area contributed by atoms with Crippen LogP contribution in [0.15, 0.2) is 18.2 Å². The molecule has 0 aromatic heterocycles. The molecule has 1 aliphatic rings. The predicted molar refractivity (Wildman–Crippen MR) is 69.2 cm³/mol. The van der Waals surface area contributed by atoms with E-state index in [-0.39, 0.29) is 18.1 Å². The molecule has 1 aliphatic heterocycles. The Kier molecular flexibility index (Phi) is 4.20. The fraction of sp³-hybridized carbons (Fsp3) is 0.500. The molecular weight excluding hydrogens is 269 g/mol. The second kappa shape index (κ2) is 5.73. The third-order valence-corrected chi connectivity index (χ3v) is 3.43. The van der Waals surface area contributed by atoms with Crippen LogP contribution in [0.5, 0.6) is 0 Å². The summed E-state index contributed by atoms with van der Waals surface area (Å²) in [4.78, 5) is 13.5. The van der Waals surface area contributed by atoms with Gasteiger partial charge in [0.15, 0.2) is 0 Å². The Morgan fingerprint density at radius 1 is 1.30 bits per heavy atom. The zero-order valence-corrected chi connectivity index (χ0v) is 11.3. The lowest BCUT2D eigenvalue weighted by molar-refractivity contribution is -0.138. The predicted octanol–water partition coefficient (Wildman–Crippen LogP) is 3.32. The summed E-state index contributed by atoms with van der Waals surface area (Å²) in [6.07, 6.45) is -2.32. The van der Waals surface area contributed by atoms with Gasteiger partial charge in [-0.3, -0.25) is 0 Å². The normalized spacial score (nSPS) is 15.5. The fourth-order valence-electron chi connectivity index (χ4n) is 2.36. The van der Waals surface area contributed by atoms with Crippen LogP contribution in [0.2, 0.25) is 0 Å². The van der Waals surface area contributed by atoms with Crippen molar-refractivity contribution in [3.8, 4) is 0 Å². The minimum absolute atomic E-state index is 0.153. The second-order valence-electron chi connectivity index (χ2n) is 5.00. The number of amides is 2. The number of rotatable bonds is 2. The summed E-state index contributed by atoms with van der Waals surface area (Å²) in [7, 11) is 0. The maximum absolute atomic E-state index is 12.6. The molecule has 1 aromatic carbocycles. The van der Waals surface area contributed by atoms with E-state index in [1.807, 2.05) is 0 Å². The van der Waals surface area contributed by atoms with Crippen LogP contribution in [0.25, 0.3) is 0 Å². The number of halogens is 3. The van der Waals surface area contributed by atoms with E-state index in [0.29, 0.717) is 5.56 Å². The summed E-state index contributed by atoms with van der Waals surface area (Å²) in [5, 5.41) is 2.73. The molecule has 2 rings (SSSR count). The molecule has 1 aromatic rings. The lowest BCUT2D eigenvalue weighted by Crippen LogP contribution is -2.37. The number of likely N-dealkylation sites (tertiary alicyclic amines) is 1. The van der Waals surface area contributed by atoms with Crippen molar-refractivity contribution in [1.82, 2.24) is 10.2 Å². The number of urea groups is 1. The zero-order valence-electron chi connectivity index (χ0n) is 11.3. The molecular formula is C14H17F3N2O. The third-order valence-electron chi connectivity index (χ3n) is 3.43. The van der Waals surface area contributed by atoms with Crippen LogP contribution in [0.4, 0.5) is 18.0 Å². The van der Waals surface area contributed by atoms with Gasteiger partial charge in [-0.1, -0.05) is 12.1 Å². The highest BCUT2D eigenvalue weighted by Crippen LogP contribution is 2.31. The number of nitrogens with one attached hydrogen (secondary N) is 1. The van der Waals surface area contributed by atoms with Gasteiger partial charge in [0.25, 0.3) is 0 Å². The minimum Gasteiger partial charge on any atom is -0.334 e. The first-order valence-electron chi connectivity index (χ1n) is 6.57. The summed E-state index contributed by atoms with van der Waals surface area (Å²) in [5.41, 5.74) is 0.209. The van der Waals surface area contributed by atoms with E-state index in [1.54, 1.807) is 4.90 Å². The molecule has 0 saturated carbocycles. The second-order valence-corrected chi connectivity index (χ2v) is 5.00. The average Bonchev–Trinajstić information content (AvgIpc) is 2.88. The van der Waals surface area contributed by atoms with Crippen LogP contribution in [0, 0.1) is 6.92 Å². The summed E-state index contributed by atoms with van der Waals surface area (Å²) in [5.74, 6) is 0. The van der Waals surface area contributed by atoms with E-state index in [1.165, 1.54) is 19.1 Å². The van der Waals surface area contributed by atoms with Crippen LogP contribution >= 0.6 is 0 Å². The first-order valence-corrected chi connectivity index (χ1v) is 6.57. The first kappa shape index (κ1) is 14.7. The van der Waals surface area contributed by atoms with Gasteiger partial charge in [0.05, 0.1) is 5.56 Å². The van der Waals surface area contributed by atoms with Crippen molar-refractivity contribution < 1.29 is 18.0 Å². The van der Waals surface area contributed by atoms with Crippen LogP contribution in [-0.2, 0) is 12.7 Å². The van der Waals surface area contributed by atoms with Gasteiger partial charge in [-0.05, 0) is 37.0 Å². The summed E-state index contributed by atoms with van der Waals surface area (Å²) in [6.45, 7) is 3.17. The Labute approximate surface area is 115 Å². The molecule has 0 atom stereocenters. The molecule has 1 N–H and O–H groups in total. The van der Waals surface area contributed by atoms with E-state index >= 15 is 0 Å². The van der Waals surface area contributed by atoms with Crippen molar-refractivity contribution in [2.75, 3.05) is 13.1 Å². The van der Waals surface area contributed by atoms with Crippen molar-refractivity contribution >= 4 is 6.03 Å². The number of alkyl halides is 3. The van der Waals surface area contributed by atoms with Gasteiger partial charge in [-0.25, -0.2) is 4.79 Å². The topological polar surface area (TPSA) is 32.3 Å². The molecule has 1 heterocycles. The third kappa shape index (κ3) is 3.43. The van der Waals surface area contributed by atoms with Crippen molar-refractivity contribution in [3.05, 3.63) is 34.9 Å². The van der Waals surface area contributed by atoms with E-state index in [0.717, 1.165) is 32.0 Å². The number of benzene rings is 1. The Hall–Kier alpha value is -1.72. The molecule has 0 bridgehead atoms. The lowest BCUT2D eigenvalue weighted by atomic mass is 10.0. The van der Waals surface area contributed by atoms with E-state index in [4.69, 9.17) is 0 Å². The summed E-state index contributed by atoms with van der Waals surface area (Å²) in [6, 6.07) is 3.78. The summed E-state index contributed by atoms with van der Waals surface area (Å²) < 4.78 is 37.9. The smallest absolute Gasteiger partial charge is 0.334 e. The Morgan fingerprint density at radius 2 is 1.95 bits per heavy atom. The zero-order chi connectivity index (χ0) is 14.8. The van der Waals surface area contributed by atoms with Gasteiger partial charge in [0.1, 0.15) is 0 Å². The molecule has 3 nitrogen and oxygen atoms in total. The fourth-order valence-corrected chi connectivity index (χ4v) is 2.36. The summed E-state index contributed by atoms with van der Waals surface area (Å²) >= 11 is 0. The van der Waals surface area contributed by atoms with Crippen molar-refractivity contribution in [2.45, 2.75) is 32.5 Å². The highest BCUT2D eigenvalue weighted by atomic mass is 19.4. The Bertz CT molecular complexity index is 494. The van der Waals surface area contributed by atoms with Crippen LogP contribution in [-0.4, -0.2) is 24.0 Å². The molecule has 0 radical (unpaired) electrons. The molecule has 0 spiro atoms. The standard InChI is InChI=1S/C14H17F3N2O/c1-10-8-11(4-5-12(10)14(15,16)17)9-18-13(20)19-6-2-3-7-19/h4-5,8H,2-3,6-7,9H2,1H3,(H,18,20). The number of nitrogens with zero attached hydrogens (tertiary/aromatic N) is 1. The first-order chi connectivity index (χ1) is 9.38. The SMILES string of the molecule is Cc1cc(CNC(=O)N2CCCC2)ccc1C(F)(F)F. The van der Waals surface area contributed by atoms with Crippen LogP contribution < -0.4 is 5.32 Å². The number of aryl methyl sites for hydroxylation is 1. The minimum atomic E-state index is -4.33. The highest BCUT2D eigenvalue weighted by molar-refractivity contribution is 5.74. The van der Waals surface area contributed by atoms with Crippen LogP contribution in [0.1, 0.15) is 29.5 Å². The lowest BCUT2D eigenvalue weighted by Gasteiger charge is -2.17. The van der Waals surface area contributed by atoms with E-state index in [9.17, 15) is 18.0 Å². The van der Waals surface area contributed by atoms with Gasteiger partial charge in [0, 0.05) is 19.6 Å². The van der Waals surface area contributed by atoms with Gasteiger partial charge in [0.2, 0.25) is 0 Å². The molecule has 0 aliphatic carbocycles. The molecule has 6 heteroatoms. The monoisotopic (exact) mass is 286 g/mol. The molecule has 20 heavy (non-hydrogen) atoms. The molecule has 0 unspecified atom stereocenters. The molecule has 1 fully saturated rings. The maximum Gasteiger partial charge on any atom is 0.416 e. The number of hydrogen-bond acceptors (Lipinski definition) is 1. The molecule has 1 saturated heterocycles. The van der Waals surface area contributed by atoms with Gasteiger partial charge >= 0.3 is 12.2 Å². The Balaban J connectivity index is 1.97. The maximum atomic E-state index is 12.6. The molecule has 110 valence electrons. The van der Waals surface area contributed by atoms with Crippen molar-refractivity contribution in [3.63, 3.8) is 0 Å². The van der Waals surface area contributed by atoms with E-state index in [2.05, 4.69) is 5.32 Å². The largest absolute Gasteiger partial charge is 0.416 e. The van der Waals surface area contributed by atoms with E-state index < -0.39 is 11.7 Å². The van der Waals surface area contributed by atoms with Crippen molar-refractivity contribution in [2.24, 2.45) is 0 Å². The highest BCUT2D eigenvalue weighted by Gasteiger charge is 2.32. The number of carbonyl (C=O) groups is 1. The number of carbonyl (C=O) groups excluding carboxylic acids is 1.